The maximum Gasteiger partial charge on any atom is 0.326 e. The number of hydrogen-bond donors (Lipinski definition) is 3. The van der Waals surface area contributed by atoms with E-state index in [1.54, 1.807) is 12.3 Å². The van der Waals surface area contributed by atoms with Gasteiger partial charge in [-0.05, 0) is 42.3 Å². The van der Waals surface area contributed by atoms with Crippen LogP contribution < -0.4 is 10.1 Å². The molecular formula is C22H22N2O4. The highest BCUT2D eigenvalue weighted by Crippen LogP contribution is 2.19. The molecule has 3 N–H and O–H groups in total. The van der Waals surface area contributed by atoms with Crippen molar-refractivity contribution < 1.29 is 19.4 Å². The van der Waals surface area contributed by atoms with E-state index in [0.29, 0.717) is 6.61 Å². The molecule has 0 spiro atoms. The van der Waals surface area contributed by atoms with E-state index < -0.39 is 17.9 Å². The zero-order chi connectivity index (χ0) is 19.9. The lowest BCUT2D eigenvalue weighted by atomic mass is 10.0. The molecule has 0 bridgehead atoms. The molecule has 3 aromatic rings. The molecule has 3 rings (SSSR count). The van der Waals surface area contributed by atoms with E-state index in [1.807, 2.05) is 55.5 Å². The average Bonchev–Trinajstić information content (AvgIpc) is 3.10. The van der Waals surface area contributed by atoms with Gasteiger partial charge in [0.25, 0.3) is 0 Å². The minimum absolute atomic E-state index is 0.196. The monoisotopic (exact) mass is 378 g/mol. The second kappa shape index (κ2) is 8.90. The van der Waals surface area contributed by atoms with Gasteiger partial charge < -0.3 is 20.1 Å². The Morgan fingerprint density at radius 3 is 2.64 bits per heavy atom. The van der Waals surface area contributed by atoms with Gasteiger partial charge in [0, 0.05) is 29.6 Å². The van der Waals surface area contributed by atoms with Crippen LogP contribution in [0.1, 0.15) is 18.1 Å². The average molecular weight is 378 g/mol. The fraction of sp³-hybridized carbons (Fsp3) is 0.182. The van der Waals surface area contributed by atoms with Crippen LogP contribution in [-0.2, 0) is 16.0 Å². The Morgan fingerprint density at radius 1 is 1.18 bits per heavy atom. The van der Waals surface area contributed by atoms with Crippen molar-refractivity contribution in [3.63, 3.8) is 0 Å². The normalized spacial score (nSPS) is 12.2. The lowest BCUT2D eigenvalue weighted by molar-refractivity contribution is -0.141. The van der Waals surface area contributed by atoms with Crippen LogP contribution in [0.3, 0.4) is 0 Å². The summed E-state index contributed by atoms with van der Waals surface area (Å²) >= 11 is 0. The number of hydrogen-bond acceptors (Lipinski definition) is 3. The molecule has 0 aliphatic rings. The number of rotatable bonds is 8. The smallest absolute Gasteiger partial charge is 0.326 e. The maximum absolute atomic E-state index is 12.2. The first kappa shape index (κ1) is 19.2. The van der Waals surface area contributed by atoms with Gasteiger partial charge in [-0.1, -0.05) is 30.3 Å². The highest BCUT2D eigenvalue weighted by molar-refractivity contribution is 5.94. The minimum atomic E-state index is -1.08. The van der Waals surface area contributed by atoms with Gasteiger partial charge in [0.05, 0.1) is 6.61 Å². The molecule has 2 aromatic carbocycles. The fourth-order valence-corrected chi connectivity index (χ4v) is 2.95. The number of para-hydroxylation sites is 1. The first-order valence-corrected chi connectivity index (χ1v) is 9.06. The molecular weight excluding hydrogens is 356 g/mol. The van der Waals surface area contributed by atoms with Crippen LogP contribution in [0.4, 0.5) is 0 Å². The summed E-state index contributed by atoms with van der Waals surface area (Å²) in [5, 5.41) is 13.0. The maximum atomic E-state index is 12.2. The third-order valence-electron chi connectivity index (χ3n) is 4.33. The molecule has 28 heavy (non-hydrogen) atoms. The third-order valence-corrected chi connectivity index (χ3v) is 4.33. The first-order valence-electron chi connectivity index (χ1n) is 9.06. The van der Waals surface area contributed by atoms with Crippen LogP contribution in [0.15, 0.2) is 60.8 Å². The van der Waals surface area contributed by atoms with Crippen molar-refractivity contribution >= 4 is 28.9 Å². The first-order chi connectivity index (χ1) is 13.6. The number of aliphatic carboxylic acids is 1. The van der Waals surface area contributed by atoms with E-state index in [4.69, 9.17) is 4.74 Å². The van der Waals surface area contributed by atoms with Gasteiger partial charge >= 0.3 is 5.97 Å². The van der Waals surface area contributed by atoms with Crippen LogP contribution in [0.5, 0.6) is 5.75 Å². The predicted octanol–water partition coefficient (Wildman–Crippen LogP) is 3.39. The van der Waals surface area contributed by atoms with E-state index in [9.17, 15) is 14.7 Å². The Balaban J connectivity index is 1.65. The van der Waals surface area contributed by atoms with Crippen molar-refractivity contribution in [1.82, 2.24) is 10.3 Å². The van der Waals surface area contributed by atoms with E-state index in [0.717, 1.165) is 27.8 Å². The summed E-state index contributed by atoms with van der Waals surface area (Å²) in [5.74, 6) is -0.775. The summed E-state index contributed by atoms with van der Waals surface area (Å²) in [6.07, 6.45) is 4.95. The molecule has 1 unspecified atom stereocenters. The SMILES string of the molecule is CCOc1ccc(/C=C/C(=O)NC(Cc2c[nH]c3ccccc23)C(=O)O)cc1. The lowest BCUT2D eigenvalue weighted by Crippen LogP contribution is -2.41. The number of carboxylic acid groups (broad SMARTS) is 1. The molecule has 6 heteroatoms. The highest BCUT2D eigenvalue weighted by Gasteiger charge is 2.21. The van der Waals surface area contributed by atoms with Crippen LogP contribution in [0.2, 0.25) is 0 Å². The Labute approximate surface area is 162 Å². The fourth-order valence-electron chi connectivity index (χ4n) is 2.95. The van der Waals surface area contributed by atoms with Crippen molar-refractivity contribution in [2.45, 2.75) is 19.4 Å². The van der Waals surface area contributed by atoms with Gasteiger partial charge in [-0.2, -0.15) is 0 Å². The van der Waals surface area contributed by atoms with Crippen molar-refractivity contribution in [3.8, 4) is 5.75 Å². The Hall–Kier alpha value is -3.54. The number of carbonyl (C=O) groups is 2. The summed E-state index contributed by atoms with van der Waals surface area (Å²) in [6.45, 7) is 2.50. The summed E-state index contributed by atoms with van der Waals surface area (Å²) in [5.41, 5.74) is 2.60. The second-order valence-corrected chi connectivity index (χ2v) is 6.30. The number of aromatic amines is 1. The number of amides is 1. The van der Waals surface area contributed by atoms with Crippen molar-refractivity contribution in [3.05, 3.63) is 71.9 Å². The Bertz CT molecular complexity index is 989. The van der Waals surface area contributed by atoms with Crippen molar-refractivity contribution in [1.29, 1.82) is 0 Å². The zero-order valence-electron chi connectivity index (χ0n) is 15.5. The predicted molar refractivity (Wildman–Crippen MR) is 108 cm³/mol. The molecule has 0 fully saturated rings. The topological polar surface area (TPSA) is 91.4 Å². The van der Waals surface area contributed by atoms with Gasteiger partial charge in [-0.3, -0.25) is 4.79 Å². The van der Waals surface area contributed by atoms with E-state index in [2.05, 4.69) is 10.3 Å². The second-order valence-electron chi connectivity index (χ2n) is 6.30. The Morgan fingerprint density at radius 2 is 1.93 bits per heavy atom. The highest BCUT2D eigenvalue weighted by atomic mass is 16.5. The molecule has 0 aliphatic carbocycles. The molecule has 1 aromatic heterocycles. The number of benzene rings is 2. The molecule has 0 saturated carbocycles. The number of nitrogens with one attached hydrogen (secondary N) is 2. The van der Waals surface area contributed by atoms with Crippen LogP contribution in [0, 0.1) is 0 Å². The van der Waals surface area contributed by atoms with Crippen molar-refractivity contribution in [2.24, 2.45) is 0 Å². The van der Waals surface area contributed by atoms with E-state index >= 15 is 0 Å². The minimum Gasteiger partial charge on any atom is -0.494 e. The summed E-state index contributed by atoms with van der Waals surface area (Å²) in [7, 11) is 0. The van der Waals surface area contributed by atoms with E-state index in [-0.39, 0.29) is 6.42 Å². The number of aromatic nitrogens is 1. The van der Waals surface area contributed by atoms with Crippen molar-refractivity contribution in [2.75, 3.05) is 6.61 Å². The number of ether oxygens (including phenoxy) is 1. The molecule has 144 valence electrons. The number of fused-ring (bicyclic) bond motifs is 1. The van der Waals surface area contributed by atoms with Gasteiger partial charge in [0.15, 0.2) is 0 Å². The zero-order valence-corrected chi connectivity index (χ0v) is 15.5. The van der Waals surface area contributed by atoms with Gasteiger partial charge in [0.1, 0.15) is 11.8 Å². The molecule has 0 saturated heterocycles. The lowest BCUT2D eigenvalue weighted by Gasteiger charge is -2.13. The Kier molecular flexibility index (Phi) is 6.11. The summed E-state index contributed by atoms with van der Waals surface area (Å²) in [6, 6.07) is 13.9. The number of H-pyrrole nitrogens is 1. The van der Waals surface area contributed by atoms with Crippen LogP contribution in [-0.4, -0.2) is 34.6 Å². The largest absolute Gasteiger partial charge is 0.494 e. The molecule has 6 nitrogen and oxygen atoms in total. The summed E-state index contributed by atoms with van der Waals surface area (Å²) < 4.78 is 5.37. The van der Waals surface area contributed by atoms with Gasteiger partial charge in [-0.25, -0.2) is 4.79 Å². The molecule has 1 heterocycles. The molecule has 0 radical (unpaired) electrons. The molecule has 1 amide bonds. The van der Waals surface area contributed by atoms with Crippen LogP contribution >= 0.6 is 0 Å². The molecule has 1 atom stereocenters. The number of carboxylic acids is 1. The number of carbonyl (C=O) groups excluding carboxylic acids is 1. The van der Waals surface area contributed by atoms with Gasteiger partial charge in [-0.15, -0.1) is 0 Å². The summed E-state index contributed by atoms with van der Waals surface area (Å²) in [4.78, 5) is 26.9. The van der Waals surface area contributed by atoms with E-state index in [1.165, 1.54) is 6.08 Å². The molecule has 0 aliphatic heterocycles. The van der Waals surface area contributed by atoms with Crippen LogP contribution in [0.25, 0.3) is 17.0 Å². The van der Waals surface area contributed by atoms with Gasteiger partial charge in [0.2, 0.25) is 5.91 Å². The third kappa shape index (κ3) is 4.79. The quantitative estimate of drug-likeness (QED) is 0.524. The standard InChI is InChI=1S/C22H22N2O4/c1-2-28-17-10-7-15(8-11-17)9-12-21(25)24-20(22(26)27)13-16-14-23-19-6-4-3-5-18(16)19/h3-12,14,20,23H,2,13H2,1H3,(H,24,25)(H,26,27)/b12-9+.